The Morgan fingerprint density at radius 3 is 2.66 bits per heavy atom. The van der Waals surface area contributed by atoms with E-state index in [4.69, 9.17) is 4.74 Å². The van der Waals surface area contributed by atoms with Crippen LogP contribution in [-0.2, 0) is 10.3 Å². The molecule has 35 heavy (non-hydrogen) atoms. The van der Waals surface area contributed by atoms with Gasteiger partial charge < -0.3 is 19.4 Å². The summed E-state index contributed by atoms with van der Waals surface area (Å²) in [5, 5.41) is 11.1. The van der Waals surface area contributed by atoms with Gasteiger partial charge >= 0.3 is 0 Å². The van der Waals surface area contributed by atoms with E-state index < -0.39 is 11.7 Å². The molecule has 1 N–H and O–H groups in total. The summed E-state index contributed by atoms with van der Waals surface area (Å²) in [6, 6.07) is 5.16. The van der Waals surface area contributed by atoms with Crippen LogP contribution >= 0.6 is 0 Å². The second kappa shape index (κ2) is 8.77. The van der Waals surface area contributed by atoms with Crippen molar-refractivity contribution in [3.8, 4) is 11.1 Å². The highest BCUT2D eigenvalue weighted by atomic mass is 19.1. The van der Waals surface area contributed by atoms with Crippen LogP contribution in [-0.4, -0.2) is 56.6 Å². The van der Waals surface area contributed by atoms with E-state index >= 15 is 0 Å². The van der Waals surface area contributed by atoms with Crippen molar-refractivity contribution < 1.29 is 13.9 Å². The average Bonchev–Trinajstić information content (AvgIpc) is 3.50. The molecule has 0 unspecified atom stereocenters. The Bertz CT molecular complexity index is 1400. The van der Waals surface area contributed by atoms with Gasteiger partial charge in [0.1, 0.15) is 5.82 Å². The Kier molecular flexibility index (Phi) is 5.76. The molecule has 1 amide bonds. The monoisotopic (exact) mass is 477 g/mol. The van der Waals surface area contributed by atoms with Crippen LogP contribution in [0.1, 0.15) is 36.8 Å². The minimum Gasteiger partial charge on any atom is -0.378 e. The first kappa shape index (κ1) is 23.0. The van der Waals surface area contributed by atoms with Crippen LogP contribution in [0.2, 0.25) is 0 Å². The number of amides is 1. The van der Waals surface area contributed by atoms with Crippen molar-refractivity contribution in [2.45, 2.75) is 33.2 Å². The number of carbonyl (C=O) groups is 1. The number of carbonyl (C=O) groups excluding carboxylic acids is 1. The molecule has 1 saturated heterocycles. The molecule has 1 aliphatic rings. The number of halogens is 1. The van der Waals surface area contributed by atoms with Crippen molar-refractivity contribution in [1.29, 1.82) is 0 Å². The van der Waals surface area contributed by atoms with Crippen LogP contribution in [0.3, 0.4) is 0 Å². The fraction of sp³-hybridized carbons (Fsp3) is 0.360. The van der Waals surface area contributed by atoms with Gasteiger partial charge in [0.05, 0.1) is 36.3 Å². The zero-order chi connectivity index (χ0) is 24.7. The number of morpholine rings is 1. The Balaban J connectivity index is 1.51. The molecule has 5 rings (SSSR count). The van der Waals surface area contributed by atoms with Crippen LogP contribution < -0.4 is 10.2 Å². The highest BCUT2D eigenvalue weighted by Gasteiger charge is 2.21. The Labute approximate surface area is 202 Å². The zero-order valence-corrected chi connectivity index (χ0v) is 20.2. The SMILES string of the molecule is Cc1cc(F)c(NC(=O)c2cnn(C(C)(C)C)n2)cc1-c1cc(N2CCOCC2)c2nccn2c1. The lowest BCUT2D eigenvalue weighted by atomic mass is 10.00. The lowest BCUT2D eigenvalue weighted by molar-refractivity contribution is 0.102. The number of pyridine rings is 1. The van der Waals surface area contributed by atoms with Gasteiger partial charge in [0.2, 0.25) is 0 Å². The maximum Gasteiger partial charge on any atom is 0.277 e. The summed E-state index contributed by atoms with van der Waals surface area (Å²) in [5.74, 6) is -1.03. The molecule has 182 valence electrons. The van der Waals surface area contributed by atoms with Crippen LogP contribution in [0.5, 0.6) is 0 Å². The summed E-state index contributed by atoms with van der Waals surface area (Å²) in [6.45, 7) is 10.5. The topological polar surface area (TPSA) is 89.6 Å². The number of fused-ring (bicyclic) bond motifs is 1. The summed E-state index contributed by atoms with van der Waals surface area (Å²) in [6.07, 6.45) is 7.00. The largest absolute Gasteiger partial charge is 0.378 e. The first-order chi connectivity index (χ1) is 16.7. The third-order valence-corrected chi connectivity index (χ3v) is 6.02. The van der Waals surface area contributed by atoms with E-state index in [2.05, 4.69) is 31.5 Å². The summed E-state index contributed by atoms with van der Waals surface area (Å²) < 4.78 is 22.4. The maximum absolute atomic E-state index is 14.9. The summed E-state index contributed by atoms with van der Waals surface area (Å²) >= 11 is 0. The number of nitrogens with zero attached hydrogens (tertiary/aromatic N) is 6. The van der Waals surface area contributed by atoms with E-state index in [0.29, 0.717) is 13.2 Å². The van der Waals surface area contributed by atoms with Crippen molar-refractivity contribution in [3.63, 3.8) is 0 Å². The van der Waals surface area contributed by atoms with E-state index in [9.17, 15) is 9.18 Å². The van der Waals surface area contributed by atoms with Crippen LogP contribution in [0.4, 0.5) is 15.8 Å². The number of anilines is 2. The lowest BCUT2D eigenvalue weighted by Gasteiger charge is -2.29. The first-order valence-corrected chi connectivity index (χ1v) is 11.5. The standard InChI is InChI=1S/C25H28FN7O2/c1-16-11-19(26)20(29-24(34)21-14-28-33(30-21)25(2,3)4)13-18(16)17-12-22(31-7-9-35-10-8-31)23-27-5-6-32(23)15-17/h5-6,11-15H,7-10H2,1-4H3,(H,29,34). The highest BCUT2D eigenvalue weighted by Crippen LogP contribution is 2.33. The number of aryl methyl sites for hydroxylation is 1. The molecule has 3 aromatic heterocycles. The molecule has 1 fully saturated rings. The molecular weight excluding hydrogens is 449 g/mol. The van der Waals surface area contributed by atoms with E-state index in [1.54, 1.807) is 12.3 Å². The van der Waals surface area contributed by atoms with E-state index in [0.717, 1.165) is 41.1 Å². The van der Waals surface area contributed by atoms with Gasteiger partial charge in [0.15, 0.2) is 11.3 Å². The molecule has 0 atom stereocenters. The molecule has 1 aromatic carbocycles. The summed E-state index contributed by atoms with van der Waals surface area (Å²) in [7, 11) is 0. The zero-order valence-electron chi connectivity index (χ0n) is 20.2. The molecule has 9 nitrogen and oxygen atoms in total. The minimum atomic E-state index is -0.520. The number of hydrogen-bond acceptors (Lipinski definition) is 6. The number of aromatic nitrogens is 5. The van der Waals surface area contributed by atoms with E-state index in [1.807, 2.05) is 44.5 Å². The van der Waals surface area contributed by atoms with Gasteiger partial charge in [-0.05, 0) is 57.0 Å². The Hall–Kier alpha value is -3.79. The molecule has 0 radical (unpaired) electrons. The molecule has 4 aromatic rings. The normalized spacial score (nSPS) is 14.5. The highest BCUT2D eigenvalue weighted by molar-refractivity contribution is 6.03. The van der Waals surface area contributed by atoms with E-state index in [1.165, 1.54) is 17.1 Å². The first-order valence-electron chi connectivity index (χ1n) is 11.5. The van der Waals surface area contributed by atoms with Crippen molar-refractivity contribution in [2.24, 2.45) is 0 Å². The number of benzene rings is 1. The van der Waals surface area contributed by atoms with Crippen molar-refractivity contribution in [1.82, 2.24) is 24.4 Å². The Morgan fingerprint density at radius 1 is 1.17 bits per heavy atom. The van der Waals surface area contributed by atoms with Gasteiger partial charge in [-0.2, -0.15) is 9.90 Å². The minimum absolute atomic E-state index is 0.0829. The predicted molar refractivity (Wildman–Crippen MR) is 131 cm³/mol. The predicted octanol–water partition coefficient (Wildman–Crippen LogP) is 3.88. The number of imidazole rings is 1. The van der Waals surface area contributed by atoms with E-state index in [-0.39, 0.29) is 16.9 Å². The van der Waals surface area contributed by atoms with Gasteiger partial charge in [-0.15, -0.1) is 5.10 Å². The number of ether oxygens (including phenoxy) is 1. The number of rotatable bonds is 4. The molecule has 0 saturated carbocycles. The lowest BCUT2D eigenvalue weighted by Crippen LogP contribution is -2.36. The Morgan fingerprint density at radius 2 is 1.94 bits per heavy atom. The van der Waals surface area contributed by atoms with Crippen LogP contribution in [0, 0.1) is 12.7 Å². The molecule has 0 aliphatic carbocycles. The van der Waals surface area contributed by atoms with Gasteiger partial charge in [-0.25, -0.2) is 9.37 Å². The van der Waals surface area contributed by atoms with Gasteiger partial charge in [0, 0.05) is 37.2 Å². The number of hydrogen-bond donors (Lipinski definition) is 1. The molecule has 4 heterocycles. The van der Waals surface area contributed by atoms with Gasteiger partial charge in [-0.3, -0.25) is 4.79 Å². The van der Waals surface area contributed by atoms with Crippen molar-refractivity contribution in [3.05, 3.63) is 60.1 Å². The quantitative estimate of drug-likeness (QED) is 0.480. The third-order valence-electron chi connectivity index (χ3n) is 6.02. The van der Waals surface area contributed by atoms with Gasteiger partial charge in [0.25, 0.3) is 5.91 Å². The summed E-state index contributed by atoms with van der Waals surface area (Å²) in [4.78, 5) is 21.0. The smallest absolute Gasteiger partial charge is 0.277 e. The summed E-state index contributed by atoms with van der Waals surface area (Å²) in [5.41, 5.74) is 4.14. The molecule has 0 spiro atoms. The van der Waals surface area contributed by atoms with Crippen LogP contribution in [0.15, 0.2) is 43.0 Å². The van der Waals surface area contributed by atoms with Crippen molar-refractivity contribution in [2.75, 3.05) is 36.5 Å². The molecule has 10 heteroatoms. The third kappa shape index (κ3) is 4.49. The second-order valence-electron chi connectivity index (χ2n) is 9.66. The van der Waals surface area contributed by atoms with Crippen molar-refractivity contribution >= 4 is 22.9 Å². The second-order valence-corrected chi connectivity index (χ2v) is 9.66. The van der Waals surface area contributed by atoms with Gasteiger partial charge in [-0.1, -0.05) is 0 Å². The fourth-order valence-electron chi connectivity index (χ4n) is 4.15. The molecule has 0 bridgehead atoms. The number of nitrogens with one attached hydrogen (secondary N) is 1. The average molecular weight is 478 g/mol. The maximum atomic E-state index is 14.9. The van der Waals surface area contributed by atoms with Crippen LogP contribution in [0.25, 0.3) is 16.8 Å². The molecule has 1 aliphatic heterocycles. The molecular formula is C25H28FN7O2. The fourth-order valence-corrected chi connectivity index (χ4v) is 4.15.